The van der Waals surface area contributed by atoms with Crippen molar-refractivity contribution in [3.63, 3.8) is 0 Å². The highest BCUT2D eigenvalue weighted by atomic mass is 32.2. The summed E-state index contributed by atoms with van der Waals surface area (Å²) in [5, 5.41) is 3.28. The Balaban J connectivity index is 1.57. The van der Waals surface area contributed by atoms with E-state index in [2.05, 4.69) is 5.32 Å². The van der Waals surface area contributed by atoms with Crippen molar-refractivity contribution < 1.29 is 14.3 Å². The van der Waals surface area contributed by atoms with Gasteiger partial charge in [-0.15, -0.1) is 0 Å². The molecule has 0 radical (unpaired) electrons. The van der Waals surface area contributed by atoms with E-state index in [-0.39, 0.29) is 24.3 Å². The van der Waals surface area contributed by atoms with E-state index in [1.807, 2.05) is 45.0 Å². The molecule has 1 saturated heterocycles. The van der Waals surface area contributed by atoms with E-state index in [1.54, 1.807) is 23.2 Å². The molecule has 2 aromatic heterocycles. The third-order valence-corrected chi connectivity index (χ3v) is 6.93. The standard InChI is InChI=1S/C24H22N4O4S2/c1-13(2)28-23(30)19(34-24(28)33)10-16-20(26-21-14(3)5-4-8-27(21)22(16)29)25-11-15-6-7-17-18(9-15)32-12-31-17/h4-10,13,25H,11-12H2,1-3H3/b19-10-. The number of fused-ring (bicyclic) bond motifs is 2. The fraction of sp³-hybridized carbons (Fsp3) is 0.250. The molecule has 0 spiro atoms. The summed E-state index contributed by atoms with van der Waals surface area (Å²) in [4.78, 5) is 33.2. The highest BCUT2D eigenvalue weighted by Gasteiger charge is 2.34. The van der Waals surface area contributed by atoms with Gasteiger partial charge in [-0.25, -0.2) is 4.98 Å². The zero-order valence-corrected chi connectivity index (χ0v) is 20.5. The summed E-state index contributed by atoms with van der Waals surface area (Å²) in [6.07, 6.45) is 3.27. The molecule has 5 rings (SSSR count). The van der Waals surface area contributed by atoms with Gasteiger partial charge in [-0.3, -0.25) is 18.9 Å². The molecule has 2 aliphatic rings. The van der Waals surface area contributed by atoms with Crippen LogP contribution in [-0.2, 0) is 11.3 Å². The highest BCUT2D eigenvalue weighted by molar-refractivity contribution is 8.26. The number of thioether (sulfide) groups is 1. The number of aryl methyl sites for hydroxylation is 1. The Labute approximate surface area is 205 Å². The number of rotatable bonds is 5. The van der Waals surface area contributed by atoms with Crippen LogP contribution in [-0.4, -0.2) is 37.3 Å². The number of carbonyl (C=O) groups is 1. The molecule has 8 nitrogen and oxygen atoms in total. The predicted octanol–water partition coefficient (Wildman–Crippen LogP) is 3.95. The van der Waals surface area contributed by atoms with E-state index in [0.29, 0.717) is 44.3 Å². The SMILES string of the molecule is Cc1cccn2c(=O)c(/C=C3\SC(=S)N(C(C)C)C3=O)c(NCc3ccc4c(c3)OCO4)nc12. The molecule has 174 valence electrons. The second kappa shape index (κ2) is 8.77. The Kier molecular flexibility index (Phi) is 5.78. The summed E-state index contributed by atoms with van der Waals surface area (Å²) in [5.41, 5.74) is 2.38. The number of aromatic nitrogens is 2. The minimum absolute atomic E-state index is 0.0690. The monoisotopic (exact) mass is 494 g/mol. The second-order valence-corrected chi connectivity index (χ2v) is 9.93. The van der Waals surface area contributed by atoms with Gasteiger partial charge in [0.1, 0.15) is 15.8 Å². The first-order valence-corrected chi connectivity index (χ1v) is 12.0. The molecule has 0 atom stereocenters. The van der Waals surface area contributed by atoms with Crippen molar-refractivity contribution in [1.29, 1.82) is 0 Å². The topological polar surface area (TPSA) is 85.2 Å². The van der Waals surface area contributed by atoms with Crippen LogP contribution in [0.4, 0.5) is 5.82 Å². The lowest BCUT2D eigenvalue weighted by Gasteiger charge is -2.18. The van der Waals surface area contributed by atoms with Crippen molar-refractivity contribution in [2.75, 3.05) is 12.1 Å². The van der Waals surface area contributed by atoms with E-state index < -0.39 is 0 Å². The smallest absolute Gasteiger partial charge is 0.267 e. The third kappa shape index (κ3) is 3.92. The average molecular weight is 495 g/mol. The number of carbonyl (C=O) groups excluding carboxylic acids is 1. The summed E-state index contributed by atoms with van der Waals surface area (Å²) in [6.45, 7) is 6.31. The average Bonchev–Trinajstić information content (AvgIpc) is 3.38. The number of nitrogens with one attached hydrogen (secondary N) is 1. The first-order valence-electron chi connectivity index (χ1n) is 10.7. The first-order chi connectivity index (χ1) is 16.3. The van der Waals surface area contributed by atoms with Gasteiger partial charge in [0.25, 0.3) is 11.5 Å². The van der Waals surface area contributed by atoms with Crippen LogP contribution in [0.25, 0.3) is 11.7 Å². The van der Waals surface area contributed by atoms with Gasteiger partial charge in [-0.1, -0.05) is 36.1 Å². The van der Waals surface area contributed by atoms with Gasteiger partial charge in [0.05, 0.1) is 10.5 Å². The maximum Gasteiger partial charge on any atom is 0.267 e. The normalized spacial score (nSPS) is 16.4. The molecule has 1 N–H and O–H groups in total. The van der Waals surface area contributed by atoms with Gasteiger partial charge < -0.3 is 14.8 Å². The number of benzene rings is 1. The molecule has 1 amide bonds. The van der Waals surface area contributed by atoms with Crippen LogP contribution in [0.15, 0.2) is 46.2 Å². The fourth-order valence-electron chi connectivity index (χ4n) is 3.87. The number of anilines is 1. The van der Waals surface area contributed by atoms with Gasteiger partial charge in [-0.2, -0.15) is 0 Å². The molecule has 0 unspecified atom stereocenters. The molecule has 10 heteroatoms. The van der Waals surface area contributed by atoms with E-state index in [4.69, 9.17) is 26.7 Å². The maximum absolute atomic E-state index is 13.5. The number of nitrogens with zero attached hydrogens (tertiary/aromatic N) is 3. The quantitative estimate of drug-likeness (QED) is 0.422. The number of hydrogen-bond acceptors (Lipinski definition) is 8. The number of amides is 1. The van der Waals surface area contributed by atoms with Crippen molar-refractivity contribution in [1.82, 2.24) is 14.3 Å². The molecule has 2 aliphatic heterocycles. The minimum atomic E-state index is -0.267. The fourth-order valence-corrected chi connectivity index (χ4v) is 5.38. The Morgan fingerprint density at radius 1 is 1.24 bits per heavy atom. The summed E-state index contributed by atoms with van der Waals surface area (Å²) in [5.74, 6) is 1.57. The van der Waals surface area contributed by atoms with Crippen molar-refractivity contribution in [3.05, 3.63) is 68.5 Å². The third-order valence-electron chi connectivity index (χ3n) is 5.60. The lowest BCUT2D eigenvalue weighted by Crippen LogP contribution is -2.34. The zero-order chi connectivity index (χ0) is 24.0. The van der Waals surface area contributed by atoms with Gasteiger partial charge in [0.15, 0.2) is 11.5 Å². The van der Waals surface area contributed by atoms with Crippen LogP contribution in [0.1, 0.15) is 30.5 Å². The van der Waals surface area contributed by atoms with Crippen LogP contribution < -0.4 is 20.3 Å². The van der Waals surface area contributed by atoms with Gasteiger partial charge in [0, 0.05) is 18.8 Å². The van der Waals surface area contributed by atoms with Gasteiger partial charge in [-0.05, 0) is 56.2 Å². The molecule has 1 aromatic carbocycles. The molecule has 0 saturated carbocycles. The van der Waals surface area contributed by atoms with Crippen LogP contribution in [0.3, 0.4) is 0 Å². The molecule has 3 aromatic rings. The van der Waals surface area contributed by atoms with Crippen molar-refractivity contribution in [2.24, 2.45) is 0 Å². The van der Waals surface area contributed by atoms with Crippen LogP contribution in [0, 0.1) is 6.92 Å². The molecular formula is C24H22N4O4S2. The van der Waals surface area contributed by atoms with E-state index in [1.165, 1.54) is 16.2 Å². The molecule has 0 aliphatic carbocycles. The lowest BCUT2D eigenvalue weighted by atomic mass is 10.2. The summed E-state index contributed by atoms with van der Waals surface area (Å²) in [6, 6.07) is 9.30. The highest BCUT2D eigenvalue weighted by Crippen LogP contribution is 2.35. The number of thiocarbonyl (C=S) groups is 1. The van der Waals surface area contributed by atoms with Crippen LogP contribution >= 0.6 is 24.0 Å². The van der Waals surface area contributed by atoms with Crippen LogP contribution in [0.2, 0.25) is 0 Å². The van der Waals surface area contributed by atoms with Crippen molar-refractivity contribution >= 4 is 51.7 Å². The molecule has 34 heavy (non-hydrogen) atoms. The number of pyridine rings is 1. The van der Waals surface area contributed by atoms with Gasteiger partial charge in [0.2, 0.25) is 6.79 Å². The first kappa shape index (κ1) is 22.4. The summed E-state index contributed by atoms with van der Waals surface area (Å²) in [7, 11) is 0. The summed E-state index contributed by atoms with van der Waals surface area (Å²) < 4.78 is 12.8. The molecule has 1 fully saturated rings. The van der Waals surface area contributed by atoms with E-state index >= 15 is 0 Å². The molecule has 0 bridgehead atoms. The molecular weight excluding hydrogens is 472 g/mol. The minimum Gasteiger partial charge on any atom is -0.454 e. The van der Waals surface area contributed by atoms with Crippen LogP contribution in [0.5, 0.6) is 11.5 Å². The van der Waals surface area contributed by atoms with E-state index in [0.717, 1.165) is 11.1 Å². The summed E-state index contributed by atoms with van der Waals surface area (Å²) >= 11 is 6.59. The Morgan fingerprint density at radius 2 is 2.03 bits per heavy atom. The Morgan fingerprint density at radius 3 is 2.79 bits per heavy atom. The predicted molar refractivity (Wildman–Crippen MR) is 136 cm³/mol. The number of hydrogen-bond donors (Lipinski definition) is 1. The van der Waals surface area contributed by atoms with Crippen molar-refractivity contribution in [3.8, 4) is 11.5 Å². The second-order valence-electron chi connectivity index (χ2n) is 8.25. The van der Waals surface area contributed by atoms with E-state index in [9.17, 15) is 9.59 Å². The van der Waals surface area contributed by atoms with Gasteiger partial charge >= 0.3 is 0 Å². The maximum atomic E-state index is 13.5. The number of ether oxygens (including phenoxy) is 2. The Hall–Kier alpha value is -3.37. The molecule has 4 heterocycles. The van der Waals surface area contributed by atoms with Crippen molar-refractivity contribution in [2.45, 2.75) is 33.4 Å². The zero-order valence-electron chi connectivity index (χ0n) is 18.8. The Bertz CT molecular complexity index is 1430. The largest absolute Gasteiger partial charge is 0.454 e. The lowest BCUT2D eigenvalue weighted by molar-refractivity contribution is -0.123.